The molecule has 4 atom stereocenters. The van der Waals surface area contributed by atoms with Gasteiger partial charge in [0.1, 0.15) is 18.0 Å². The summed E-state index contributed by atoms with van der Waals surface area (Å²) in [5, 5.41) is 12.5. The predicted molar refractivity (Wildman–Crippen MR) is 74.7 cm³/mol. The molecule has 0 radical (unpaired) electrons. The van der Waals surface area contributed by atoms with E-state index in [-0.39, 0.29) is 18.7 Å². The van der Waals surface area contributed by atoms with Crippen molar-refractivity contribution in [2.24, 2.45) is 5.50 Å². The molecular formula is C10H17N4O6P. The van der Waals surface area contributed by atoms with Crippen LogP contribution < -0.4 is 22.1 Å². The molecule has 21 heavy (non-hydrogen) atoms. The zero-order valence-corrected chi connectivity index (χ0v) is 12.1. The number of hydrogen-bond acceptors (Lipinski definition) is 8. The molecule has 0 aromatic carbocycles. The first-order valence-corrected chi connectivity index (χ1v) is 7.44. The van der Waals surface area contributed by atoms with E-state index in [4.69, 9.17) is 19.7 Å². The number of ether oxygens (including phenoxy) is 1. The summed E-state index contributed by atoms with van der Waals surface area (Å²) in [6.45, 7) is -0.0899. The van der Waals surface area contributed by atoms with Crippen LogP contribution in [0.1, 0.15) is 12.6 Å². The fourth-order valence-electron chi connectivity index (χ4n) is 2.06. The van der Waals surface area contributed by atoms with Crippen molar-refractivity contribution in [3.05, 3.63) is 27.0 Å². The van der Waals surface area contributed by atoms with Crippen LogP contribution in [0.25, 0.3) is 0 Å². The second-order valence-electron chi connectivity index (χ2n) is 4.49. The van der Waals surface area contributed by atoms with E-state index in [0.29, 0.717) is 0 Å². The van der Waals surface area contributed by atoms with Gasteiger partial charge in [0.2, 0.25) is 8.53 Å². The maximum Gasteiger partial charge on any atom is 0.330 e. The minimum Gasteiger partial charge on any atom is -0.390 e. The van der Waals surface area contributed by atoms with Crippen molar-refractivity contribution in [2.45, 2.75) is 24.9 Å². The first kappa shape index (κ1) is 16.1. The lowest BCUT2D eigenvalue weighted by atomic mass is 10.2. The van der Waals surface area contributed by atoms with E-state index in [1.165, 1.54) is 10.8 Å². The molecule has 1 aromatic rings. The number of anilines is 1. The van der Waals surface area contributed by atoms with E-state index >= 15 is 0 Å². The minimum absolute atomic E-state index is 0.0899. The average Bonchev–Trinajstić information content (AvgIpc) is 2.77. The van der Waals surface area contributed by atoms with Crippen molar-refractivity contribution in [3.63, 3.8) is 0 Å². The molecule has 10 nitrogen and oxygen atoms in total. The molecule has 0 bridgehead atoms. The minimum atomic E-state index is -2.04. The Morgan fingerprint density at radius 3 is 3.00 bits per heavy atom. The Morgan fingerprint density at radius 2 is 2.38 bits per heavy atom. The molecule has 0 aliphatic carbocycles. The summed E-state index contributed by atoms with van der Waals surface area (Å²) in [7, 11) is -0.493. The van der Waals surface area contributed by atoms with Gasteiger partial charge >= 0.3 is 5.69 Å². The highest BCUT2D eigenvalue weighted by Crippen LogP contribution is 2.30. The molecule has 6 N–H and O–H groups in total. The number of hydrogen-bond donors (Lipinski definition) is 5. The SMILES string of the molecule is CNc1cn([C@H]2C[C@H](O)[C@@H](COP(N)O)O2)c(=O)[nH]c1=O. The summed E-state index contributed by atoms with van der Waals surface area (Å²) in [6.07, 6.45) is -0.858. The zero-order valence-electron chi connectivity index (χ0n) is 11.2. The molecule has 1 aliphatic rings. The molecule has 0 saturated carbocycles. The van der Waals surface area contributed by atoms with Gasteiger partial charge in [-0.05, 0) is 0 Å². The molecule has 2 rings (SSSR count). The van der Waals surface area contributed by atoms with Crippen LogP contribution >= 0.6 is 8.53 Å². The van der Waals surface area contributed by atoms with Crippen LogP contribution in [0.5, 0.6) is 0 Å². The smallest absolute Gasteiger partial charge is 0.330 e. The largest absolute Gasteiger partial charge is 0.390 e. The maximum absolute atomic E-state index is 11.8. The number of nitrogens with two attached hydrogens (primary N) is 1. The second-order valence-corrected chi connectivity index (χ2v) is 5.35. The highest BCUT2D eigenvalue weighted by molar-refractivity contribution is 7.43. The summed E-state index contributed by atoms with van der Waals surface area (Å²) >= 11 is 0. The molecular weight excluding hydrogens is 303 g/mol. The van der Waals surface area contributed by atoms with Crippen LogP contribution in [0.4, 0.5) is 5.69 Å². The standard InChI is InChI=1S/C10H17N4O6P/c1-12-5-3-14(10(17)13-9(5)16)8-2-6(15)7(20-8)4-19-21(11)18/h3,6-8,12,15,18H,2,4,11H2,1H3,(H,13,16,17)/t6-,7+,8+,21?/m0/s1. The van der Waals surface area contributed by atoms with E-state index in [0.717, 1.165) is 0 Å². The van der Waals surface area contributed by atoms with Gasteiger partial charge in [-0.1, -0.05) is 0 Å². The van der Waals surface area contributed by atoms with Gasteiger partial charge < -0.3 is 24.6 Å². The fraction of sp³-hybridized carbons (Fsp3) is 0.600. The molecule has 118 valence electrons. The number of nitrogens with zero attached hydrogens (tertiary/aromatic N) is 1. The van der Waals surface area contributed by atoms with Gasteiger partial charge in [0.05, 0.1) is 12.7 Å². The van der Waals surface area contributed by atoms with Gasteiger partial charge in [0.25, 0.3) is 5.56 Å². The quantitative estimate of drug-likeness (QED) is 0.408. The van der Waals surface area contributed by atoms with Crippen LogP contribution in [0.2, 0.25) is 0 Å². The summed E-state index contributed by atoms with van der Waals surface area (Å²) in [5.41, 5.74) is 4.13. The third kappa shape index (κ3) is 3.67. The van der Waals surface area contributed by atoms with Gasteiger partial charge in [-0.3, -0.25) is 19.8 Å². The van der Waals surface area contributed by atoms with Gasteiger partial charge in [-0.2, -0.15) is 0 Å². The van der Waals surface area contributed by atoms with Gasteiger partial charge in [0, 0.05) is 19.7 Å². The Kier molecular flexibility index (Phi) is 5.09. The summed E-state index contributed by atoms with van der Waals surface area (Å²) in [4.78, 5) is 34.3. The second kappa shape index (κ2) is 6.65. The number of nitrogens with one attached hydrogen (secondary N) is 2. The lowest BCUT2D eigenvalue weighted by molar-refractivity contribution is -0.0406. The van der Waals surface area contributed by atoms with Crippen LogP contribution in [-0.2, 0) is 9.26 Å². The van der Waals surface area contributed by atoms with Crippen LogP contribution in [-0.4, -0.2) is 45.4 Å². The van der Waals surface area contributed by atoms with Crippen molar-refractivity contribution < 1.29 is 19.3 Å². The van der Waals surface area contributed by atoms with Gasteiger partial charge in [-0.15, -0.1) is 0 Å². The van der Waals surface area contributed by atoms with Crippen molar-refractivity contribution in [1.29, 1.82) is 0 Å². The van der Waals surface area contributed by atoms with Crippen molar-refractivity contribution >= 4 is 14.2 Å². The Hall–Kier alpha value is -1.29. The van der Waals surface area contributed by atoms with E-state index in [2.05, 4.69) is 10.3 Å². The normalized spacial score (nSPS) is 26.8. The summed E-state index contributed by atoms with van der Waals surface area (Å²) in [5.74, 6) is 0. The lowest BCUT2D eigenvalue weighted by Gasteiger charge is -2.17. The van der Waals surface area contributed by atoms with E-state index < -0.39 is 38.2 Å². The van der Waals surface area contributed by atoms with Crippen LogP contribution in [0.15, 0.2) is 15.8 Å². The van der Waals surface area contributed by atoms with E-state index in [1.54, 1.807) is 7.05 Å². The Morgan fingerprint density at radius 1 is 1.67 bits per heavy atom. The average molecular weight is 320 g/mol. The van der Waals surface area contributed by atoms with Crippen LogP contribution in [0.3, 0.4) is 0 Å². The third-order valence-corrected chi connectivity index (χ3v) is 3.54. The molecule has 1 aromatic heterocycles. The first-order valence-electron chi connectivity index (χ1n) is 6.15. The topological polar surface area (TPSA) is 152 Å². The molecule has 1 unspecified atom stereocenters. The number of aromatic nitrogens is 2. The molecule has 2 heterocycles. The molecule has 1 saturated heterocycles. The summed E-state index contributed by atoms with van der Waals surface area (Å²) < 4.78 is 11.5. The number of aliphatic hydroxyl groups excluding tert-OH is 1. The Labute approximate surface area is 120 Å². The molecule has 0 spiro atoms. The van der Waals surface area contributed by atoms with E-state index in [9.17, 15) is 14.7 Å². The number of aliphatic hydroxyl groups is 1. The molecule has 1 fully saturated rings. The van der Waals surface area contributed by atoms with Gasteiger partial charge in [-0.25, -0.2) is 4.79 Å². The van der Waals surface area contributed by atoms with E-state index in [1.807, 2.05) is 0 Å². The highest BCUT2D eigenvalue weighted by atomic mass is 31.2. The predicted octanol–water partition coefficient (Wildman–Crippen LogP) is -1.58. The summed E-state index contributed by atoms with van der Waals surface area (Å²) in [6, 6.07) is 0. The highest BCUT2D eigenvalue weighted by Gasteiger charge is 2.36. The fourth-order valence-corrected chi connectivity index (χ4v) is 2.36. The molecule has 1 aliphatic heterocycles. The molecule has 11 heteroatoms. The Bertz CT molecular complexity index is 602. The Balaban J connectivity index is 2.17. The van der Waals surface area contributed by atoms with Crippen molar-refractivity contribution in [1.82, 2.24) is 9.55 Å². The molecule has 0 amide bonds. The monoisotopic (exact) mass is 320 g/mol. The lowest BCUT2D eigenvalue weighted by Crippen LogP contribution is -2.33. The maximum atomic E-state index is 11.8. The van der Waals surface area contributed by atoms with Crippen molar-refractivity contribution in [2.75, 3.05) is 19.0 Å². The zero-order chi connectivity index (χ0) is 15.6. The first-order chi connectivity index (χ1) is 9.92. The number of aromatic amines is 1. The van der Waals surface area contributed by atoms with Crippen LogP contribution in [0, 0.1) is 0 Å². The number of H-pyrrole nitrogens is 1. The number of rotatable bonds is 5. The van der Waals surface area contributed by atoms with Gasteiger partial charge in [0.15, 0.2) is 0 Å². The van der Waals surface area contributed by atoms with Crippen molar-refractivity contribution in [3.8, 4) is 0 Å². The third-order valence-electron chi connectivity index (χ3n) is 3.12.